The number of non-ortho nitro benzene ring substituents is 1. The Morgan fingerprint density at radius 2 is 1.58 bits per heavy atom. The molecule has 0 fully saturated rings. The molecule has 164 valence electrons. The van der Waals surface area contributed by atoms with E-state index in [0.717, 1.165) is 23.1 Å². The van der Waals surface area contributed by atoms with Crippen LogP contribution in [0.1, 0.15) is 31.1 Å². The van der Waals surface area contributed by atoms with Crippen molar-refractivity contribution in [2.75, 3.05) is 4.90 Å². The molecule has 2 amide bonds. The van der Waals surface area contributed by atoms with Crippen LogP contribution >= 0.6 is 0 Å². The number of hydrogen-bond donors (Lipinski definition) is 1. The fraction of sp³-hybridized carbons (Fsp3) is 0. The van der Waals surface area contributed by atoms with Crippen molar-refractivity contribution in [3.63, 3.8) is 0 Å². The minimum atomic E-state index is -1.32. The molecule has 0 saturated carbocycles. The number of aromatic carboxylic acids is 1. The molecule has 0 bridgehead atoms. The molecule has 4 rings (SSSR count). The van der Waals surface area contributed by atoms with Gasteiger partial charge in [0.25, 0.3) is 17.5 Å². The lowest BCUT2D eigenvalue weighted by Gasteiger charge is -2.16. The normalized spacial score (nSPS) is 12.4. The van der Waals surface area contributed by atoms with E-state index < -0.39 is 39.0 Å². The van der Waals surface area contributed by atoms with E-state index in [0.29, 0.717) is 0 Å². The molecule has 3 aromatic rings. The minimum absolute atomic E-state index is 0.00857. The number of carbonyl (C=O) groups excluding carboxylic acids is 2. The first-order valence-corrected chi connectivity index (χ1v) is 9.15. The van der Waals surface area contributed by atoms with Crippen molar-refractivity contribution in [2.45, 2.75) is 0 Å². The predicted molar refractivity (Wildman–Crippen MR) is 111 cm³/mol. The smallest absolute Gasteiger partial charge is 0.337 e. The SMILES string of the molecule is O=C(O)c1ccccc1N1C(=O)c2ccc(Oc3ccc([N+](=O)[O-])cc3[N+](=O)[O-])cc2C1=O. The Morgan fingerprint density at radius 3 is 2.24 bits per heavy atom. The number of hydrogen-bond acceptors (Lipinski definition) is 8. The van der Waals surface area contributed by atoms with Crippen molar-refractivity contribution in [3.05, 3.63) is 97.6 Å². The number of carboxylic acids is 1. The monoisotopic (exact) mass is 449 g/mol. The number of rotatable bonds is 6. The van der Waals surface area contributed by atoms with Crippen LogP contribution < -0.4 is 9.64 Å². The van der Waals surface area contributed by atoms with Crippen molar-refractivity contribution in [1.29, 1.82) is 0 Å². The minimum Gasteiger partial charge on any atom is -0.478 e. The Hall–Kier alpha value is -5.13. The van der Waals surface area contributed by atoms with Crippen LogP contribution in [0.4, 0.5) is 17.1 Å². The van der Waals surface area contributed by atoms with E-state index >= 15 is 0 Å². The number of amides is 2. The van der Waals surface area contributed by atoms with Gasteiger partial charge in [-0.3, -0.25) is 29.8 Å². The van der Waals surface area contributed by atoms with E-state index in [-0.39, 0.29) is 33.9 Å². The molecule has 1 aliphatic heterocycles. The molecule has 12 heteroatoms. The Kier molecular flexibility index (Phi) is 5.02. The van der Waals surface area contributed by atoms with Crippen LogP contribution in [0.25, 0.3) is 0 Å². The van der Waals surface area contributed by atoms with E-state index in [9.17, 15) is 39.7 Å². The number of carbonyl (C=O) groups is 3. The summed E-state index contributed by atoms with van der Waals surface area (Å²) in [7, 11) is 0. The van der Waals surface area contributed by atoms with E-state index in [1.807, 2.05) is 0 Å². The van der Waals surface area contributed by atoms with E-state index in [4.69, 9.17) is 4.74 Å². The molecule has 0 aromatic heterocycles. The van der Waals surface area contributed by atoms with Gasteiger partial charge in [-0.15, -0.1) is 0 Å². The molecule has 0 aliphatic carbocycles. The van der Waals surface area contributed by atoms with Gasteiger partial charge in [0.1, 0.15) is 5.75 Å². The second-order valence-electron chi connectivity index (χ2n) is 6.74. The molecule has 3 aromatic carbocycles. The Balaban J connectivity index is 1.71. The largest absolute Gasteiger partial charge is 0.478 e. The van der Waals surface area contributed by atoms with Crippen LogP contribution in [-0.2, 0) is 0 Å². The third-order valence-corrected chi connectivity index (χ3v) is 4.81. The molecule has 0 radical (unpaired) electrons. The number of nitro groups is 2. The van der Waals surface area contributed by atoms with E-state index in [1.165, 1.54) is 42.5 Å². The van der Waals surface area contributed by atoms with Gasteiger partial charge >= 0.3 is 11.7 Å². The standard InChI is InChI=1S/C21H11N3O9/c25-19-13-7-6-12(33-18-8-5-11(23(29)30)9-17(18)24(31)32)10-15(13)20(26)22(19)16-4-2-1-3-14(16)21(27)28/h1-10H,(H,27,28). The molecule has 33 heavy (non-hydrogen) atoms. The molecule has 0 atom stereocenters. The highest BCUT2D eigenvalue weighted by atomic mass is 16.6. The third kappa shape index (κ3) is 3.61. The molecule has 1 N–H and O–H groups in total. The molecule has 0 spiro atoms. The zero-order valence-electron chi connectivity index (χ0n) is 16.3. The van der Waals surface area contributed by atoms with Gasteiger partial charge < -0.3 is 9.84 Å². The summed E-state index contributed by atoms with van der Waals surface area (Å²) in [5.41, 5.74) is -1.62. The molecule has 12 nitrogen and oxygen atoms in total. The van der Waals surface area contributed by atoms with Crippen LogP contribution in [0.5, 0.6) is 11.5 Å². The molecule has 1 heterocycles. The summed E-state index contributed by atoms with van der Waals surface area (Å²) in [5.74, 6) is -3.21. The van der Waals surface area contributed by atoms with Crippen molar-refractivity contribution in [3.8, 4) is 11.5 Å². The van der Waals surface area contributed by atoms with Gasteiger partial charge in [-0.2, -0.15) is 0 Å². The molecule has 0 unspecified atom stereocenters. The Labute approximate surface area is 183 Å². The summed E-state index contributed by atoms with van der Waals surface area (Å²) >= 11 is 0. The lowest BCUT2D eigenvalue weighted by molar-refractivity contribution is -0.394. The van der Waals surface area contributed by atoms with Gasteiger partial charge in [0.2, 0.25) is 5.75 Å². The number of para-hydroxylation sites is 1. The maximum Gasteiger partial charge on any atom is 0.337 e. The lowest BCUT2D eigenvalue weighted by Crippen LogP contribution is -2.30. The highest BCUT2D eigenvalue weighted by Crippen LogP contribution is 2.37. The van der Waals surface area contributed by atoms with Crippen molar-refractivity contribution in [2.24, 2.45) is 0 Å². The van der Waals surface area contributed by atoms with Crippen LogP contribution in [0, 0.1) is 20.2 Å². The summed E-state index contributed by atoms with van der Waals surface area (Å²) in [6.45, 7) is 0. The van der Waals surface area contributed by atoms with Crippen LogP contribution in [0.2, 0.25) is 0 Å². The van der Waals surface area contributed by atoms with Gasteiger partial charge in [0.05, 0.1) is 38.3 Å². The number of ether oxygens (including phenoxy) is 1. The average Bonchev–Trinajstić information content (AvgIpc) is 3.03. The fourth-order valence-electron chi connectivity index (χ4n) is 3.33. The van der Waals surface area contributed by atoms with Crippen LogP contribution in [0.3, 0.4) is 0 Å². The summed E-state index contributed by atoms with van der Waals surface area (Å²) in [6.07, 6.45) is 0. The zero-order chi connectivity index (χ0) is 23.9. The molecule has 0 saturated heterocycles. The third-order valence-electron chi connectivity index (χ3n) is 4.81. The molecular weight excluding hydrogens is 438 g/mol. The summed E-state index contributed by atoms with van der Waals surface area (Å²) in [5, 5.41) is 31.6. The Bertz CT molecular complexity index is 1380. The number of nitro benzene ring substituents is 2. The second-order valence-corrected chi connectivity index (χ2v) is 6.74. The van der Waals surface area contributed by atoms with Gasteiger partial charge in [0.15, 0.2) is 0 Å². The summed E-state index contributed by atoms with van der Waals surface area (Å²) in [4.78, 5) is 58.6. The van der Waals surface area contributed by atoms with E-state index in [1.54, 1.807) is 0 Å². The number of carboxylic acid groups (broad SMARTS) is 1. The molecular formula is C21H11N3O9. The van der Waals surface area contributed by atoms with Gasteiger partial charge in [0, 0.05) is 6.07 Å². The lowest BCUT2D eigenvalue weighted by atomic mass is 10.1. The first-order valence-electron chi connectivity index (χ1n) is 9.15. The summed E-state index contributed by atoms with van der Waals surface area (Å²) in [6, 6.07) is 12.1. The maximum absolute atomic E-state index is 13.0. The second kappa shape index (κ2) is 7.85. The predicted octanol–water partition coefficient (Wildman–Crippen LogP) is 3.79. The average molecular weight is 449 g/mol. The number of imide groups is 1. The van der Waals surface area contributed by atoms with Crippen molar-refractivity contribution < 1.29 is 34.1 Å². The summed E-state index contributed by atoms with van der Waals surface area (Å²) < 4.78 is 5.48. The Morgan fingerprint density at radius 1 is 0.879 bits per heavy atom. The number of anilines is 1. The van der Waals surface area contributed by atoms with E-state index in [2.05, 4.69) is 0 Å². The van der Waals surface area contributed by atoms with Gasteiger partial charge in [-0.25, -0.2) is 9.69 Å². The number of benzene rings is 3. The number of nitrogens with zero attached hydrogens (tertiary/aromatic N) is 3. The fourth-order valence-corrected chi connectivity index (χ4v) is 3.33. The van der Waals surface area contributed by atoms with Crippen LogP contribution in [0.15, 0.2) is 60.7 Å². The first-order chi connectivity index (χ1) is 15.7. The first kappa shape index (κ1) is 21.1. The van der Waals surface area contributed by atoms with Gasteiger partial charge in [-0.1, -0.05) is 12.1 Å². The number of fused-ring (bicyclic) bond motifs is 1. The molecule has 1 aliphatic rings. The maximum atomic E-state index is 13.0. The van der Waals surface area contributed by atoms with Gasteiger partial charge in [-0.05, 0) is 36.4 Å². The highest BCUT2D eigenvalue weighted by molar-refractivity contribution is 6.35. The zero-order valence-corrected chi connectivity index (χ0v) is 16.3. The highest BCUT2D eigenvalue weighted by Gasteiger charge is 2.38. The van der Waals surface area contributed by atoms with Crippen molar-refractivity contribution in [1.82, 2.24) is 0 Å². The topological polar surface area (TPSA) is 170 Å². The van der Waals surface area contributed by atoms with Crippen molar-refractivity contribution >= 4 is 34.8 Å². The quantitative estimate of drug-likeness (QED) is 0.334. The van der Waals surface area contributed by atoms with Crippen LogP contribution in [-0.4, -0.2) is 32.7 Å².